The van der Waals surface area contributed by atoms with Crippen molar-refractivity contribution in [3.05, 3.63) is 35.6 Å². The summed E-state index contributed by atoms with van der Waals surface area (Å²) in [6.45, 7) is 5.55. The summed E-state index contributed by atoms with van der Waals surface area (Å²) in [5, 5.41) is 3.38. The van der Waals surface area contributed by atoms with Crippen molar-refractivity contribution in [2.45, 2.75) is 20.3 Å². The summed E-state index contributed by atoms with van der Waals surface area (Å²) < 4.78 is 0. The predicted molar refractivity (Wildman–Crippen MR) is 51.7 cm³/mol. The summed E-state index contributed by atoms with van der Waals surface area (Å²) >= 11 is 0. The summed E-state index contributed by atoms with van der Waals surface area (Å²) in [5.41, 5.74) is 2.99. The van der Waals surface area contributed by atoms with Crippen LogP contribution in [-0.2, 0) is 0 Å². The summed E-state index contributed by atoms with van der Waals surface area (Å²) in [6, 6.07) is 0. The van der Waals surface area contributed by atoms with Crippen LogP contribution in [0, 0.1) is 5.41 Å². The SMILES string of the molecule is CC1(C)C=CC2=C(C=C1)NCC2. The van der Waals surface area contributed by atoms with Gasteiger partial charge in [0.25, 0.3) is 0 Å². The molecular weight excluding hydrogens is 146 g/mol. The molecular formula is C11H15N. The van der Waals surface area contributed by atoms with E-state index in [9.17, 15) is 0 Å². The molecule has 2 rings (SSSR count). The van der Waals surface area contributed by atoms with Crippen LogP contribution in [0.15, 0.2) is 35.6 Å². The van der Waals surface area contributed by atoms with E-state index in [1.807, 2.05) is 0 Å². The Hall–Kier alpha value is -0.980. The van der Waals surface area contributed by atoms with Gasteiger partial charge in [0, 0.05) is 17.7 Å². The minimum atomic E-state index is 0.214. The summed E-state index contributed by atoms with van der Waals surface area (Å²) in [5.74, 6) is 0. The van der Waals surface area contributed by atoms with Gasteiger partial charge in [-0.3, -0.25) is 0 Å². The van der Waals surface area contributed by atoms with Crippen molar-refractivity contribution in [2.75, 3.05) is 6.54 Å². The van der Waals surface area contributed by atoms with Crippen molar-refractivity contribution < 1.29 is 0 Å². The molecule has 1 heteroatoms. The first-order valence-corrected chi connectivity index (χ1v) is 4.53. The first-order chi connectivity index (χ1) is 5.67. The minimum Gasteiger partial charge on any atom is -0.384 e. The molecule has 1 heterocycles. The molecule has 0 atom stereocenters. The lowest BCUT2D eigenvalue weighted by Crippen LogP contribution is -2.06. The maximum absolute atomic E-state index is 3.38. The monoisotopic (exact) mass is 161 g/mol. The van der Waals surface area contributed by atoms with Gasteiger partial charge < -0.3 is 5.32 Å². The Bertz CT molecular complexity index is 253. The van der Waals surface area contributed by atoms with Gasteiger partial charge in [0.05, 0.1) is 0 Å². The molecule has 0 unspecified atom stereocenters. The van der Waals surface area contributed by atoms with Crippen molar-refractivity contribution in [2.24, 2.45) is 5.41 Å². The molecule has 64 valence electrons. The smallest absolute Gasteiger partial charge is 0.0370 e. The predicted octanol–water partition coefficient (Wildman–Crippen LogP) is 2.39. The first kappa shape index (κ1) is 7.66. The minimum absolute atomic E-state index is 0.214. The van der Waals surface area contributed by atoms with E-state index >= 15 is 0 Å². The molecule has 0 radical (unpaired) electrons. The van der Waals surface area contributed by atoms with Gasteiger partial charge in [-0.1, -0.05) is 32.1 Å². The van der Waals surface area contributed by atoms with Crippen molar-refractivity contribution in [3.8, 4) is 0 Å². The number of hydrogen-bond donors (Lipinski definition) is 1. The lowest BCUT2D eigenvalue weighted by molar-refractivity contribution is 0.625. The summed E-state index contributed by atoms with van der Waals surface area (Å²) in [7, 11) is 0. The van der Waals surface area contributed by atoms with Crippen LogP contribution in [0.2, 0.25) is 0 Å². The van der Waals surface area contributed by atoms with E-state index in [0.717, 1.165) is 6.54 Å². The fourth-order valence-corrected chi connectivity index (χ4v) is 1.59. The molecule has 0 amide bonds. The summed E-state index contributed by atoms with van der Waals surface area (Å²) in [4.78, 5) is 0. The molecule has 12 heavy (non-hydrogen) atoms. The maximum Gasteiger partial charge on any atom is 0.0370 e. The Morgan fingerprint density at radius 2 is 2.00 bits per heavy atom. The van der Waals surface area contributed by atoms with E-state index in [1.165, 1.54) is 17.7 Å². The number of hydrogen-bond acceptors (Lipinski definition) is 1. The van der Waals surface area contributed by atoms with Crippen molar-refractivity contribution in [3.63, 3.8) is 0 Å². The fourth-order valence-electron chi connectivity index (χ4n) is 1.59. The zero-order valence-corrected chi connectivity index (χ0v) is 7.72. The lowest BCUT2D eigenvalue weighted by Gasteiger charge is -2.12. The molecule has 1 nitrogen and oxygen atoms in total. The number of rotatable bonds is 0. The van der Waals surface area contributed by atoms with E-state index < -0.39 is 0 Å². The highest BCUT2D eigenvalue weighted by atomic mass is 14.9. The molecule has 0 saturated carbocycles. The Balaban J connectivity index is 2.34. The van der Waals surface area contributed by atoms with Crippen LogP contribution >= 0.6 is 0 Å². The topological polar surface area (TPSA) is 12.0 Å². The highest BCUT2D eigenvalue weighted by Crippen LogP contribution is 2.27. The van der Waals surface area contributed by atoms with Gasteiger partial charge in [-0.15, -0.1) is 0 Å². The van der Waals surface area contributed by atoms with Gasteiger partial charge in [-0.25, -0.2) is 0 Å². The molecule has 0 aromatic carbocycles. The molecule has 1 aliphatic heterocycles. The highest BCUT2D eigenvalue weighted by Gasteiger charge is 2.16. The molecule has 0 spiro atoms. The van der Waals surface area contributed by atoms with Gasteiger partial charge >= 0.3 is 0 Å². The van der Waals surface area contributed by atoms with Crippen LogP contribution in [0.3, 0.4) is 0 Å². The van der Waals surface area contributed by atoms with Crippen LogP contribution in [0.25, 0.3) is 0 Å². The Morgan fingerprint density at radius 1 is 1.25 bits per heavy atom. The third-order valence-electron chi connectivity index (χ3n) is 2.45. The standard InChI is InChI=1S/C11H15N/c1-11(2)6-3-9-5-8-12-10(9)4-7-11/h3-4,6-7,12H,5,8H2,1-2H3. The van der Waals surface area contributed by atoms with Crippen LogP contribution in [0.5, 0.6) is 0 Å². The Labute approximate surface area is 73.9 Å². The average Bonchev–Trinajstić information content (AvgIpc) is 2.40. The highest BCUT2D eigenvalue weighted by molar-refractivity contribution is 5.39. The Kier molecular flexibility index (Phi) is 1.60. The maximum atomic E-state index is 3.38. The van der Waals surface area contributed by atoms with Crippen LogP contribution in [-0.4, -0.2) is 6.54 Å². The molecule has 0 saturated heterocycles. The molecule has 0 aromatic heterocycles. The quantitative estimate of drug-likeness (QED) is 0.575. The number of allylic oxidation sites excluding steroid dienone is 4. The zero-order chi connectivity index (χ0) is 8.60. The molecule has 1 aliphatic carbocycles. The molecule has 0 fully saturated rings. The molecule has 0 bridgehead atoms. The van der Waals surface area contributed by atoms with Crippen molar-refractivity contribution in [1.29, 1.82) is 0 Å². The second kappa shape index (κ2) is 2.51. The molecule has 0 aromatic rings. The van der Waals surface area contributed by atoms with Gasteiger partial charge in [0.15, 0.2) is 0 Å². The van der Waals surface area contributed by atoms with Gasteiger partial charge in [0.1, 0.15) is 0 Å². The molecule has 1 N–H and O–H groups in total. The van der Waals surface area contributed by atoms with E-state index in [4.69, 9.17) is 0 Å². The third-order valence-corrected chi connectivity index (χ3v) is 2.45. The second-order valence-corrected chi connectivity index (χ2v) is 4.10. The van der Waals surface area contributed by atoms with Crippen LogP contribution in [0.4, 0.5) is 0 Å². The van der Waals surface area contributed by atoms with E-state index in [1.54, 1.807) is 0 Å². The van der Waals surface area contributed by atoms with E-state index in [0.29, 0.717) is 0 Å². The van der Waals surface area contributed by atoms with Crippen molar-refractivity contribution >= 4 is 0 Å². The van der Waals surface area contributed by atoms with Gasteiger partial charge in [-0.05, 0) is 18.1 Å². The normalized spacial score (nSPS) is 25.2. The van der Waals surface area contributed by atoms with E-state index in [-0.39, 0.29) is 5.41 Å². The first-order valence-electron chi connectivity index (χ1n) is 4.53. The van der Waals surface area contributed by atoms with E-state index in [2.05, 4.69) is 43.5 Å². The van der Waals surface area contributed by atoms with Crippen LogP contribution < -0.4 is 5.32 Å². The Morgan fingerprint density at radius 3 is 2.83 bits per heavy atom. The second-order valence-electron chi connectivity index (χ2n) is 4.10. The largest absolute Gasteiger partial charge is 0.384 e. The summed E-state index contributed by atoms with van der Waals surface area (Å²) in [6.07, 6.45) is 10.2. The van der Waals surface area contributed by atoms with Gasteiger partial charge in [0.2, 0.25) is 0 Å². The number of nitrogens with one attached hydrogen (secondary N) is 1. The third kappa shape index (κ3) is 1.31. The fraction of sp³-hybridized carbons (Fsp3) is 0.455. The molecule has 2 aliphatic rings. The van der Waals surface area contributed by atoms with Crippen LogP contribution in [0.1, 0.15) is 20.3 Å². The average molecular weight is 161 g/mol. The van der Waals surface area contributed by atoms with Crippen molar-refractivity contribution in [1.82, 2.24) is 5.32 Å². The van der Waals surface area contributed by atoms with Gasteiger partial charge in [-0.2, -0.15) is 0 Å². The zero-order valence-electron chi connectivity index (χ0n) is 7.72. The lowest BCUT2D eigenvalue weighted by atomic mass is 9.93.